The van der Waals surface area contributed by atoms with E-state index in [0.717, 1.165) is 16.3 Å². The van der Waals surface area contributed by atoms with Gasteiger partial charge in [-0.15, -0.1) is 22.7 Å². The molecule has 0 atom stereocenters. The molecule has 0 fully saturated rings. The summed E-state index contributed by atoms with van der Waals surface area (Å²) in [4.78, 5) is 6.46. The third kappa shape index (κ3) is 1.40. The molecule has 0 aliphatic heterocycles. The summed E-state index contributed by atoms with van der Waals surface area (Å²) < 4.78 is 2.03. The Bertz CT molecular complexity index is 580. The van der Waals surface area contributed by atoms with Crippen LogP contribution in [0.2, 0.25) is 0 Å². The number of aliphatic hydroxyl groups excluding tert-OH is 1. The molecule has 1 N–H and O–H groups in total. The van der Waals surface area contributed by atoms with Crippen LogP contribution in [0.3, 0.4) is 0 Å². The molecule has 3 heterocycles. The van der Waals surface area contributed by atoms with Crippen molar-refractivity contribution in [2.75, 3.05) is 0 Å². The van der Waals surface area contributed by atoms with Gasteiger partial charge in [-0.3, -0.25) is 4.40 Å². The average molecular weight is 236 g/mol. The van der Waals surface area contributed by atoms with Gasteiger partial charge in [-0.1, -0.05) is 6.07 Å². The topological polar surface area (TPSA) is 37.5 Å². The van der Waals surface area contributed by atoms with Crippen LogP contribution in [0.25, 0.3) is 15.5 Å². The molecular formula is C10H8N2OS2. The molecular weight excluding hydrogens is 228 g/mol. The van der Waals surface area contributed by atoms with Crippen LogP contribution in [0.1, 0.15) is 5.69 Å². The summed E-state index contributed by atoms with van der Waals surface area (Å²) in [6, 6.07) is 4.12. The number of hydrogen-bond acceptors (Lipinski definition) is 4. The van der Waals surface area contributed by atoms with Crippen LogP contribution in [0.5, 0.6) is 0 Å². The van der Waals surface area contributed by atoms with Crippen molar-refractivity contribution in [3.05, 3.63) is 34.8 Å². The van der Waals surface area contributed by atoms with E-state index in [1.54, 1.807) is 22.7 Å². The van der Waals surface area contributed by atoms with E-state index in [9.17, 15) is 0 Å². The van der Waals surface area contributed by atoms with Crippen LogP contribution in [-0.4, -0.2) is 14.5 Å². The normalized spacial score (nSPS) is 11.3. The van der Waals surface area contributed by atoms with E-state index in [4.69, 9.17) is 5.11 Å². The highest BCUT2D eigenvalue weighted by atomic mass is 32.1. The maximum atomic E-state index is 9.01. The Balaban J connectivity index is 2.23. The highest BCUT2D eigenvalue weighted by Gasteiger charge is 2.09. The van der Waals surface area contributed by atoms with Crippen molar-refractivity contribution in [2.45, 2.75) is 6.61 Å². The van der Waals surface area contributed by atoms with Crippen molar-refractivity contribution in [3.8, 4) is 10.6 Å². The van der Waals surface area contributed by atoms with Crippen molar-refractivity contribution in [3.63, 3.8) is 0 Å². The van der Waals surface area contributed by atoms with Crippen LogP contribution in [-0.2, 0) is 6.61 Å². The lowest BCUT2D eigenvalue weighted by molar-refractivity contribution is 0.277. The van der Waals surface area contributed by atoms with E-state index < -0.39 is 0 Å². The molecule has 0 spiro atoms. The lowest BCUT2D eigenvalue weighted by atomic mass is 10.4. The Labute approximate surface area is 94.3 Å². The van der Waals surface area contributed by atoms with Gasteiger partial charge in [0.15, 0.2) is 4.96 Å². The number of thiophene rings is 1. The number of imidazole rings is 1. The molecule has 5 heteroatoms. The van der Waals surface area contributed by atoms with Crippen molar-refractivity contribution in [1.29, 1.82) is 0 Å². The quantitative estimate of drug-likeness (QED) is 0.742. The zero-order valence-electron chi connectivity index (χ0n) is 7.75. The maximum absolute atomic E-state index is 9.01. The van der Waals surface area contributed by atoms with Gasteiger partial charge in [-0.25, -0.2) is 4.98 Å². The van der Waals surface area contributed by atoms with E-state index in [2.05, 4.69) is 21.8 Å². The molecule has 0 bridgehead atoms. The van der Waals surface area contributed by atoms with Crippen molar-refractivity contribution >= 4 is 27.6 Å². The number of thiazole rings is 1. The van der Waals surface area contributed by atoms with Crippen molar-refractivity contribution in [2.24, 2.45) is 0 Å². The molecule has 3 aromatic rings. The molecule has 76 valence electrons. The molecule has 0 aromatic carbocycles. The summed E-state index contributed by atoms with van der Waals surface area (Å²) in [5, 5.41) is 13.2. The van der Waals surface area contributed by atoms with Crippen LogP contribution < -0.4 is 0 Å². The molecule has 0 aliphatic rings. The Morgan fingerprint density at radius 3 is 3.07 bits per heavy atom. The second-order valence-electron chi connectivity index (χ2n) is 3.14. The number of fused-ring (bicyclic) bond motifs is 1. The summed E-state index contributed by atoms with van der Waals surface area (Å²) in [5.74, 6) is 0. The monoisotopic (exact) mass is 236 g/mol. The second kappa shape index (κ2) is 3.44. The van der Waals surface area contributed by atoms with E-state index in [1.165, 1.54) is 4.88 Å². The van der Waals surface area contributed by atoms with Gasteiger partial charge in [0.05, 0.1) is 22.9 Å². The Hall–Kier alpha value is -1.17. The minimum Gasteiger partial charge on any atom is -0.390 e. The van der Waals surface area contributed by atoms with Crippen LogP contribution in [0.15, 0.2) is 29.1 Å². The van der Waals surface area contributed by atoms with Crippen LogP contribution in [0.4, 0.5) is 0 Å². The SMILES string of the molecule is OCc1cn2c(-c3cccs3)csc2n1. The van der Waals surface area contributed by atoms with Crippen LogP contribution >= 0.6 is 22.7 Å². The Morgan fingerprint density at radius 2 is 2.33 bits per heavy atom. The van der Waals surface area contributed by atoms with Gasteiger partial charge in [0.1, 0.15) is 0 Å². The lowest BCUT2D eigenvalue weighted by Crippen LogP contribution is -1.81. The van der Waals surface area contributed by atoms with Gasteiger partial charge in [0.25, 0.3) is 0 Å². The molecule has 0 unspecified atom stereocenters. The third-order valence-corrected chi connectivity index (χ3v) is 3.93. The number of rotatable bonds is 2. The maximum Gasteiger partial charge on any atom is 0.194 e. The van der Waals surface area contributed by atoms with Gasteiger partial charge in [0, 0.05) is 11.6 Å². The lowest BCUT2D eigenvalue weighted by Gasteiger charge is -1.92. The largest absolute Gasteiger partial charge is 0.390 e. The molecule has 0 radical (unpaired) electrons. The first kappa shape index (κ1) is 9.08. The molecule has 0 saturated carbocycles. The first-order chi connectivity index (χ1) is 7.38. The first-order valence-corrected chi connectivity index (χ1v) is 6.24. The van der Waals surface area contributed by atoms with Gasteiger partial charge in [0.2, 0.25) is 0 Å². The smallest absolute Gasteiger partial charge is 0.194 e. The summed E-state index contributed by atoms with van der Waals surface area (Å²) in [7, 11) is 0. The van der Waals surface area contributed by atoms with E-state index in [0.29, 0.717) is 0 Å². The molecule has 3 aromatic heterocycles. The van der Waals surface area contributed by atoms with Crippen molar-refractivity contribution < 1.29 is 5.11 Å². The molecule has 15 heavy (non-hydrogen) atoms. The highest BCUT2D eigenvalue weighted by molar-refractivity contribution is 7.16. The Morgan fingerprint density at radius 1 is 1.40 bits per heavy atom. The number of hydrogen-bond donors (Lipinski definition) is 1. The summed E-state index contributed by atoms with van der Waals surface area (Å²) >= 11 is 3.30. The van der Waals surface area contributed by atoms with E-state index >= 15 is 0 Å². The highest BCUT2D eigenvalue weighted by Crippen LogP contribution is 2.29. The van der Waals surface area contributed by atoms with Gasteiger partial charge < -0.3 is 5.11 Å². The molecule has 3 nitrogen and oxygen atoms in total. The minimum absolute atomic E-state index is 0.00171. The molecule has 3 rings (SSSR count). The minimum atomic E-state index is -0.00171. The average Bonchev–Trinajstić information content (AvgIpc) is 2.92. The predicted molar refractivity (Wildman–Crippen MR) is 62.3 cm³/mol. The fraction of sp³-hybridized carbons (Fsp3) is 0.100. The van der Waals surface area contributed by atoms with Gasteiger partial charge in [-0.2, -0.15) is 0 Å². The number of nitrogens with zero attached hydrogens (tertiary/aromatic N) is 2. The van der Waals surface area contributed by atoms with E-state index in [-0.39, 0.29) is 6.61 Å². The molecule has 0 amide bonds. The Kier molecular flexibility index (Phi) is 2.09. The summed E-state index contributed by atoms with van der Waals surface area (Å²) in [6.07, 6.45) is 1.89. The summed E-state index contributed by atoms with van der Waals surface area (Å²) in [5.41, 5.74) is 1.87. The van der Waals surface area contributed by atoms with Crippen LogP contribution in [0, 0.1) is 0 Å². The zero-order valence-corrected chi connectivity index (χ0v) is 9.38. The standard InChI is InChI=1S/C10H8N2OS2/c13-5-7-4-12-8(6-15-10(12)11-7)9-2-1-3-14-9/h1-4,6,13H,5H2. The third-order valence-electron chi connectivity index (χ3n) is 2.19. The fourth-order valence-corrected chi connectivity index (χ4v) is 3.21. The first-order valence-electron chi connectivity index (χ1n) is 4.48. The zero-order chi connectivity index (χ0) is 10.3. The molecule has 0 aliphatic carbocycles. The second-order valence-corrected chi connectivity index (χ2v) is 4.93. The molecule has 0 saturated heterocycles. The number of aromatic nitrogens is 2. The van der Waals surface area contributed by atoms with Gasteiger partial charge >= 0.3 is 0 Å². The fourth-order valence-electron chi connectivity index (χ4n) is 1.51. The summed E-state index contributed by atoms with van der Waals surface area (Å²) in [6.45, 7) is -0.00171. The van der Waals surface area contributed by atoms with Gasteiger partial charge in [-0.05, 0) is 11.4 Å². The van der Waals surface area contributed by atoms with E-state index in [1.807, 2.05) is 16.7 Å². The number of aliphatic hydroxyl groups is 1. The van der Waals surface area contributed by atoms with Crippen molar-refractivity contribution in [1.82, 2.24) is 9.38 Å². The predicted octanol–water partition coefficient (Wildman–Crippen LogP) is 2.62.